The van der Waals surface area contributed by atoms with E-state index in [2.05, 4.69) is 15.3 Å². The van der Waals surface area contributed by atoms with Gasteiger partial charge in [0.15, 0.2) is 5.16 Å². The SMILES string of the molecule is COc1ccc(-c2cc(=O)[nH]c(SC(C)C(=O)Nc3cc(OC)ccc3OC)n2)cc1. The minimum Gasteiger partial charge on any atom is -0.497 e. The van der Waals surface area contributed by atoms with Crippen molar-refractivity contribution in [3.05, 3.63) is 58.9 Å². The number of amides is 1. The zero-order valence-corrected chi connectivity index (χ0v) is 18.4. The third kappa shape index (κ3) is 5.58. The maximum atomic E-state index is 12.7. The highest BCUT2D eigenvalue weighted by molar-refractivity contribution is 8.00. The van der Waals surface area contributed by atoms with E-state index in [1.807, 2.05) is 12.1 Å². The first-order valence-corrected chi connectivity index (χ1v) is 10.3. The fraction of sp³-hybridized carbons (Fsp3) is 0.227. The summed E-state index contributed by atoms with van der Waals surface area (Å²) >= 11 is 1.15. The lowest BCUT2D eigenvalue weighted by molar-refractivity contribution is -0.115. The maximum Gasteiger partial charge on any atom is 0.252 e. The zero-order valence-electron chi connectivity index (χ0n) is 17.6. The van der Waals surface area contributed by atoms with E-state index in [1.165, 1.54) is 13.2 Å². The average Bonchev–Trinajstić information content (AvgIpc) is 2.78. The second kappa shape index (κ2) is 10.0. The first kappa shape index (κ1) is 22.2. The van der Waals surface area contributed by atoms with Gasteiger partial charge in [-0.2, -0.15) is 0 Å². The summed E-state index contributed by atoms with van der Waals surface area (Å²) in [5.41, 5.74) is 1.47. The Balaban J connectivity index is 1.77. The van der Waals surface area contributed by atoms with Gasteiger partial charge in [0.2, 0.25) is 5.91 Å². The van der Waals surface area contributed by atoms with Crippen molar-refractivity contribution in [1.82, 2.24) is 9.97 Å². The highest BCUT2D eigenvalue weighted by Crippen LogP contribution is 2.30. The number of thioether (sulfide) groups is 1. The number of rotatable bonds is 8. The molecule has 31 heavy (non-hydrogen) atoms. The summed E-state index contributed by atoms with van der Waals surface area (Å²) in [6.45, 7) is 1.73. The minimum absolute atomic E-state index is 0.269. The van der Waals surface area contributed by atoms with Gasteiger partial charge >= 0.3 is 0 Å². The molecule has 3 aromatic rings. The van der Waals surface area contributed by atoms with Crippen LogP contribution < -0.4 is 25.1 Å². The molecule has 0 saturated carbocycles. The third-order valence-electron chi connectivity index (χ3n) is 4.43. The molecule has 8 nitrogen and oxygen atoms in total. The van der Waals surface area contributed by atoms with Gasteiger partial charge in [0, 0.05) is 17.7 Å². The van der Waals surface area contributed by atoms with Crippen LogP contribution in [0.25, 0.3) is 11.3 Å². The molecular weight excluding hydrogens is 418 g/mol. The van der Waals surface area contributed by atoms with E-state index >= 15 is 0 Å². The Bertz CT molecular complexity index is 1110. The molecule has 9 heteroatoms. The third-order valence-corrected chi connectivity index (χ3v) is 5.41. The van der Waals surface area contributed by atoms with Crippen molar-refractivity contribution in [2.75, 3.05) is 26.6 Å². The number of methoxy groups -OCH3 is 3. The summed E-state index contributed by atoms with van der Waals surface area (Å²) in [6, 6.07) is 13.8. The second-order valence-electron chi connectivity index (χ2n) is 6.48. The van der Waals surface area contributed by atoms with Gasteiger partial charge in [-0.1, -0.05) is 11.8 Å². The van der Waals surface area contributed by atoms with Crippen LogP contribution in [0.2, 0.25) is 0 Å². The molecule has 1 heterocycles. The maximum absolute atomic E-state index is 12.7. The van der Waals surface area contributed by atoms with E-state index in [0.717, 1.165) is 17.3 Å². The van der Waals surface area contributed by atoms with Gasteiger partial charge in [-0.25, -0.2) is 4.98 Å². The number of nitrogens with one attached hydrogen (secondary N) is 2. The Morgan fingerprint density at radius 2 is 1.68 bits per heavy atom. The van der Waals surface area contributed by atoms with Crippen LogP contribution >= 0.6 is 11.8 Å². The standard InChI is InChI=1S/C22H23N3O5S/c1-13(21(27)23-18-11-16(29-3)9-10-19(18)30-4)31-22-24-17(12-20(26)25-22)14-5-7-15(28-2)8-6-14/h5-13H,1-4H3,(H,23,27)(H,24,25,26). The number of aromatic amines is 1. The van der Waals surface area contributed by atoms with E-state index in [9.17, 15) is 9.59 Å². The lowest BCUT2D eigenvalue weighted by Crippen LogP contribution is -2.23. The number of ether oxygens (including phenoxy) is 3. The number of anilines is 1. The Hall–Kier alpha value is -3.46. The minimum atomic E-state index is -0.537. The monoisotopic (exact) mass is 441 g/mol. The molecule has 0 bridgehead atoms. The van der Waals surface area contributed by atoms with Crippen LogP contribution in [0.1, 0.15) is 6.92 Å². The molecule has 1 amide bonds. The Kier molecular flexibility index (Phi) is 7.19. The summed E-state index contributed by atoms with van der Waals surface area (Å²) in [6.07, 6.45) is 0. The fourth-order valence-corrected chi connectivity index (χ4v) is 3.58. The van der Waals surface area contributed by atoms with Gasteiger partial charge in [-0.15, -0.1) is 0 Å². The van der Waals surface area contributed by atoms with Crippen LogP contribution in [0.15, 0.2) is 58.5 Å². The molecule has 0 aliphatic carbocycles. The average molecular weight is 442 g/mol. The molecule has 2 N–H and O–H groups in total. The second-order valence-corrected chi connectivity index (χ2v) is 7.81. The summed E-state index contributed by atoms with van der Waals surface area (Å²) in [4.78, 5) is 32.0. The molecule has 3 rings (SSSR count). The van der Waals surface area contributed by atoms with Crippen molar-refractivity contribution in [1.29, 1.82) is 0 Å². The lowest BCUT2D eigenvalue weighted by Gasteiger charge is -2.15. The molecule has 1 aromatic heterocycles. The van der Waals surface area contributed by atoms with Gasteiger partial charge in [0.1, 0.15) is 17.2 Å². The summed E-state index contributed by atoms with van der Waals surface area (Å²) in [5, 5.41) is 2.64. The number of hydrogen-bond acceptors (Lipinski definition) is 7. The lowest BCUT2D eigenvalue weighted by atomic mass is 10.1. The Morgan fingerprint density at radius 1 is 1.00 bits per heavy atom. The van der Waals surface area contributed by atoms with E-state index < -0.39 is 5.25 Å². The van der Waals surface area contributed by atoms with E-state index in [4.69, 9.17) is 14.2 Å². The molecule has 1 atom stereocenters. The first-order chi connectivity index (χ1) is 14.9. The number of H-pyrrole nitrogens is 1. The highest BCUT2D eigenvalue weighted by Gasteiger charge is 2.19. The van der Waals surface area contributed by atoms with Crippen LogP contribution in [0, 0.1) is 0 Å². The Labute approximate surface area is 184 Å². The van der Waals surface area contributed by atoms with Crippen molar-refractivity contribution in [2.45, 2.75) is 17.3 Å². The quantitative estimate of drug-likeness (QED) is 0.407. The largest absolute Gasteiger partial charge is 0.497 e. The molecule has 162 valence electrons. The zero-order chi connectivity index (χ0) is 22.4. The number of nitrogens with zero attached hydrogens (tertiary/aromatic N) is 1. The molecule has 0 aliphatic rings. The van der Waals surface area contributed by atoms with E-state index in [1.54, 1.807) is 51.5 Å². The molecule has 0 saturated heterocycles. The molecule has 0 aliphatic heterocycles. The van der Waals surface area contributed by atoms with Crippen molar-refractivity contribution in [2.24, 2.45) is 0 Å². The summed E-state index contributed by atoms with van der Waals surface area (Å²) < 4.78 is 15.7. The number of carbonyl (C=O) groups excluding carboxylic acids is 1. The Morgan fingerprint density at radius 3 is 2.32 bits per heavy atom. The predicted octanol–water partition coefficient (Wildman–Crippen LogP) is 3.58. The van der Waals surface area contributed by atoms with E-state index in [-0.39, 0.29) is 11.5 Å². The molecule has 0 fully saturated rings. The van der Waals surface area contributed by atoms with Crippen molar-refractivity contribution < 1.29 is 19.0 Å². The van der Waals surface area contributed by atoms with Crippen LogP contribution in [0.3, 0.4) is 0 Å². The summed E-state index contributed by atoms with van der Waals surface area (Å²) in [7, 11) is 4.65. The number of hydrogen-bond donors (Lipinski definition) is 2. The number of benzene rings is 2. The summed E-state index contributed by atoms with van der Waals surface area (Å²) in [5.74, 6) is 1.55. The highest BCUT2D eigenvalue weighted by atomic mass is 32.2. The molecule has 1 unspecified atom stereocenters. The van der Waals surface area contributed by atoms with Gasteiger partial charge in [-0.3, -0.25) is 9.59 Å². The van der Waals surface area contributed by atoms with Gasteiger partial charge in [-0.05, 0) is 43.3 Å². The molecule has 0 radical (unpaired) electrons. The smallest absolute Gasteiger partial charge is 0.252 e. The molecule has 0 spiro atoms. The van der Waals surface area contributed by atoms with E-state index in [0.29, 0.717) is 33.8 Å². The van der Waals surface area contributed by atoms with Crippen LogP contribution in [0.5, 0.6) is 17.2 Å². The number of carbonyl (C=O) groups is 1. The first-order valence-electron chi connectivity index (χ1n) is 9.39. The van der Waals surface area contributed by atoms with Crippen LogP contribution in [-0.2, 0) is 4.79 Å². The molecule has 2 aromatic carbocycles. The fourth-order valence-electron chi connectivity index (χ4n) is 2.77. The van der Waals surface area contributed by atoms with Crippen molar-refractivity contribution >= 4 is 23.4 Å². The van der Waals surface area contributed by atoms with Gasteiger partial charge in [0.25, 0.3) is 5.56 Å². The number of aromatic nitrogens is 2. The van der Waals surface area contributed by atoms with Gasteiger partial charge < -0.3 is 24.5 Å². The van der Waals surface area contributed by atoms with Crippen LogP contribution in [0.4, 0.5) is 5.69 Å². The van der Waals surface area contributed by atoms with Gasteiger partial charge in [0.05, 0.1) is 38.0 Å². The molecular formula is C22H23N3O5S. The topological polar surface area (TPSA) is 103 Å². The normalized spacial score (nSPS) is 11.5. The predicted molar refractivity (Wildman–Crippen MR) is 120 cm³/mol. The van der Waals surface area contributed by atoms with Crippen molar-refractivity contribution in [3.63, 3.8) is 0 Å². The van der Waals surface area contributed by atoms with Crippen LogP contribution in [-0.4, -0.2) is 42.5 Å². The van der Waals surface area contributed by atoms with Crippen molar-refractivity contribution in [3.8, 4) is 28.5 Å².